The largest absolute Gasteiger partial charge is 0.493 e. The van der Waals surface area contributed by atoms with E-state index >= 15 is 0 Å². The van der Waals surface area contributed by atoms with Gasteiger partial charge in [0.1, 0.15) is 23.6 Å². The Bertz CT molecular complexity index is 1790. The van der Waals surface area contributed by atoms with E-state index < -0.39 is 11.5 Å². The van der Waals surface area contributed by atoms with Crippen LogP contribution in [-0.2, 0) is 29.7 Å². The highest BCUT2D eigenvalue weighted by atomic mass is 35.5. The Hall–Kier alpha value is -4.10. The number of hydrogen-bond acceptors (Lipinski definition) is 6. The molecule has 3 atom stereocenters. The lowest BCUT2D eigenvalue weighted by atomic mass is 9.59. The molecule has 3 aliphatic carbocycles. The SMILES string of the molecule is C[C@@H](COc1ccnc2c1[C@H](C)CCC2)C[C@H]1Cc2ccc(OCc3cccnc3)cc2C12CCC(Nc1cccc(Cl)c1)(C(=O)O)CC2. The molecule has 1 fully saturated rings. The Morgan fingerprint density at radius 1 is 1.06 bits per heavy atom. The van der Waals surface area contributed by atoms with Crippen molar-refractivity contribution in [1.29, 1.82) is 0 Å². The molecule has 0 radical (unpaired) electrons. The van der Waals surface area contributed by atoms with Crippen LogP contribution in [0.1, 0.15) is 92.7 Å². The zero-order valence-corrected chi connectivity index (χ0v) is 29.2. The van der Waals surface area contributed by atoms with Gasteiger partial charge in [-0.05, 0) is 135 Å². The smallest absolute Gasteiger partial charge is 0.329 e. The van der Waals surface area contributed by atoms with Crippen molar-refractivity contribution in [3.8, 4) is 11.5 Å². The molecule has 1 saturated carbocycles. The zero-order chi connectivity index (χ0) is 34.0. The number of ether oxygens (including phenoxy) is 2. The number of aromatic nitrogens is 2. The molecule has 3 aliphatic rings. The third-order valence-electron chi connectivity index (χ3n) is 11.4. The molecule has 1 spiro atoms. The molecular formula is C41H46ClN3O4. The van der Waals surface area contributed by atoms with E-state index in [4.69, 9.17) is 21.1 Å². The first-order valence-electron chi connectivity index (χ1n) is 17.8. The first kappa shape index (κ1) is 33.4. The number of aliphatic carboxylic acids is 1. The third kappa shape index (κ3) is 6.87. The number of pyridine rings is 2. The number of benzene rings is 2. The molecule has 256 valence electrons. The topological polar surface area (TPSA) is 93.6 Å². The molecule has 49 heavy (non-hydrogen) atoms. The Morgan fingerprint density at radius 3 is 2.69 bits per heavy atom. The Labute approximate surface area is 294 Å². The van der Waals surface area contributed by atoms with E-state index in [0.717, 1.165) is 54.9 Å². The minimum atomic E-state index is -1.07. The average molecular weight is 680 g/mol. The lowest BCUT2D eigenvalue weighted by Gasteiger charge is -2.47. The lowest BCUT2D eigenvalue weighted by molar-refractivity contribution is -0.144. The van der Waals surface area contributed by atoms with Crippen molar-refractivity contribution in [3.05, 3.63) is 112 Å². The van der Waals surface area contributed by atoms with Gasteiger partial charge in [0, 0.05) is 46.1 Å². The maximum Gasteiger partial charge on any atom is 0.329 e. The Kier molecular flexibility index (Phi) is 9.56. The van der Waals surface area contributed by atoms with Crippen LogP contribution in [0.5, 0.6) is 11.5 Å². The number of nitrogens with one attached hydrogen (secondary N) is 1. The van der Waals surface area contributed by atoms with Crippen LogP contribution in [0.4, 0.5) is 5.69 Å². The molecular weight excluding hydrogens is 634 g/mol. The van der Waals surface area contributed by atoms with Crippen molar-refractivity contribution in [2.75, 3.05) is 11.9 Å². The molecule has 0 bridgehead atoms. The predicted octanol–water partition coefficient (Wildman–Crippen LogP) is 9.17. The van der Waals surface area contributed by atoms with E-state index in [1.165, 1.54) is 35.2 Å². The van der Waals surface area contributed by atoms with Crippen molar-refractivity contribution < 1.29 is 19.4 Å². The molecule has 8 heteroatoms. The van der Waals surface area contributed by atoms with Gasteiger partial charge in [-0.2, -0.15) is 0 Å². The van der Waals surface area contributed by atoms with Gasteiger partial charge >= 0.3 is 5.97 Å². The minimum absolute atomic E-state index is 0.156. The summed E-state index contributed by atoms with van der Waals surface area (Å²) in [7, 11) is 0. The first-order chi connectivity index (χ1) is 23.7. The number of carboxylic acid groups (broad SMARTS) is 1. The lowest BCUT2D eigenvalue weighted by Crippen LogP contribution is -2.53. The van der Waals surface area contributed by atoms with Crippen LogP contribution in [0.3, 0.4) is 0 Å². The van der Waals surface area contributed by atoms with E-state index in [-0.39, 0.29) is 5.41 Å². The van der Waals surface area contributed by atoms with Gasteiger partial charge in [0.15, 0.2) is 0 Å². The number of aryl methyl sites for hydroxylation is 1. The summed E-state index contributed by atoms with van der Waals surface area (Å²) in [6, 6.07) is 19.9. The third-order valence-corrected chi connectivity index (χ3v) is 11.6. The molecule has 2 aromatic carbocycles. The van der Waals surface area contributed by atoms with Gasteiger partial charge in [0.25, 0.3) is 0 Å². The summed E-state index contributed by atoms with van der Waals surface area (Å²) in [5.74, 6) is 2.14. The molecule has 7 nitrogen and oxygen atoms in total. The summed E-state index contributed by atoms with van der Waals surface area (Å²) < 4.78 is 12.9. The second-order valence-electron chi connectivity index (χ2n) is 14.7. The second kappa shape index (κ2) is 14.0. The van der Waals surface area contributed by atoms with Crippen LogP contribution in [0, 0.1) is 11.8 Å². The number of fused-ring (bicyclic) bond motifs is 3. The van der Waals surface area contributed by atoms with Crippen molar-refractivity contribution in [1.82, 2.24) is 9.97 Å². The number of carboxylic acids is 1. The minimum Gasteiger partial charge on any atom is -0.493 e. The molecule has 2 aromatic heterocycles. The summed E-state index contributed by atoms with van der Waals surface area (Å²) in [5.41, 5.74) is 5.66. The fraction of sp³-hybridized carbons (Fsp3) is 0.439. The van der Waals surface area contributed by atoms with Crippen LogP contribution in [-0.4, -0.2) is 33.2 Å². The summed E-state index contributed by atoms with van der Waals surface area (Å²) in [6.07, 6.45) is 13.4. The van der Waals surface area contributed by atoms with Gasteiger partial charge in [0.2, 0.25) is 0 Å². The molecule has 4 aromatic rings. The average Bonchev–Trinajstić information content (AvgIpc) is 3.39. The van der Waals surface area contributed by atoms with Gasteiger partial charge in [-0.3, -0.25) is 9.97 Å². The molecule has 2 heterocycles. The van der Waals surface area contributed by atoms with E-state index in [1.54, 1.807) is 18.3 Å². The van der Waals surface area contributed by atoms with Crippen LogP contribution in [0.2, 0.25) is 5.02 Å². The van der Waals surface area contributed by atoms with Crippen LogP contribution < -0.4 is 14.8 Å². The highest BCUT2D eigenvalue weighted by Gasteiger charge is 2.54. The van der Waals surface area contributed by atoms with Gasteiger partial charge in [-0.15, -0.1) is 0 Å². The maximum atomic E-state index is 13.0. The fourth-order valence-corrected chi connectivity index (χ4v) is 9.01. The summed E-state index contributed by atoms with van der Waals surface area (Å²) in [4.78, 5) is 21.8. The van der Waals surface area contributed by atoms with Gasteiger partial charge in [-0.1, -0.05) is 43.6 Å². The second-order valence-corrected chi connectivity index (χ2v) is 15.1. The van der Waals surface area contributed by atoms with Crippen molar-refractivity contribution in [2.24, 2.45) is 11.8 Å². The number of carbonyl (C=O) groups is 1. The summed E-state index contributed by atoms with van der Waals surface area (Å²) in [6.45, 7) is 5.66. The fourth-order valence-electron chi connectivity index (χ4n) is 8.82. The number of rotatable bonds is 11. The van der Waals surface area contributed by atoms with E-state index in [0.29, 0.717) is 48.8 Å². The van der Waals surface area contributed by atoms with Crippen molar-refractivity contribution in [3.63, 3.8) is 0 Å². The molecule has 0 aliphatic heterocycles. The molecule has 2 N–H and O–H groups in total. The summed E-state index contributed by atoms with van der Waals surface area (Å²) in [5, 5.41) is 14.6. The standard InChI is InChI=1S/C41H46ClN3O4/c1-27(25-49-37-13-19-44-36-10-3-6-28(2)38(36)37)20-31-21-30-11-12-34(48-26-29-7-5-18-43-24-29)23-35(30)40(31)14-16-41(17-15-40,39(46)47)45-33-9-4-8-32(42)22-33/h4-5,7-9,11-13,18-19,22-24,27-28,31,45H,3,6,10,14-17,20-21,25-26H2,1-2H3,(H,46,47)/t27-,28-,31+,40?,41?/m1/s1. The van der Waals surface area contributed by atoms with Gasteiger partial charge < -0.3 is 19.9 Å². The Balaban J connectivity index is 1.13. The molecule has 0 amide bonds. The van der Waals surface area contributed by atoms with Gasteiger partial charge in [-0.25, -0.2) is 4.79 Å². The maximum absolute atomic E-state index is 13.0. The van der Waals surface area contributed by atoms with Crippen LogP contribution in [0.25, 0.3) is 0 Å². The Morgan fingerprint density at radius 2 is 1.92 bits per heavy atom. The monoisotopic (exact) mass is 679 g/mol. The number of halogens is 1. The first-order valence-corrected chi connectivity index (χ1v) is 18.2. The van der Waals surface area contributed by atoms with E-state index in [9.17, 15) is 9.90 Å². The highest BCUT2D eigenvalue weighted by molar-refractivity contribution is 6.30. The number of anilines is 1. The number of nitrogens with zero attached hydrogens (tertiary/aromatic N) is 2. The highest BCUT2D eigenvalue weighted by Crippen LogP contribution is 2.57. The predicted molar refractivity (Wildman–Crippen MR) is 193 cm³/mol. The van der Waals surface area contributed by atoms with E-state index in [2.05, 4.69) is 47.3 Å². The summed E-state index contributed by atoms with van der Waals surface area (Å²) >= 11 is 6.28. The van der Waals surface area contributed by atoms with E-state index in [1.807, 2.05) is 42.7 Å². The quantitative estimate of drug-likeness (QED) is 0.163. The molecule has 0 unspecified atom stereocenters. The van der Waals surface area contributed by atoms with Crippen LogP contribution in [0.15, 0.2) is 79.3 Å². The van der Waals surface area contributed by atoms with Crippen molar-refractivity contribution in [2.45, 2.75) is 95.1 Å². The van der Waals surface area contributed by atoms with Crippen molar-refractivity contribution >= 4 is 23.3 Å². The molecule has 0 saturated heterocycles. The zero-order valence-electron chi connectivity index (χ0n) is 28.5. The van der Waals surface area contributed by atoms with Gasteiger partial charge in [0.05, 0.1) is 6.61 Å². The number of hydrogen-bond donors (Lipinski definition) is 2. The normalized spacial score (nSPS) is 24.9. The molecule has 7 rings (SSSR count). The van der Waals surface area contributed by atoms with Crippen LogP contribution >= 0.6 is 11.6 Å².